The highest BCUT2D eigenvalue weighted by Gasteiger charge is 2.27. The van der Waals surface area contributed by atoms with Crippen molar-refractivity contribution in [2.45, 2.75) is 45.4 Å². The molecule has 0 bridgehead atoms. The van der Waals surface area contributed by atoms with E-state index in [1.165, 1.54) is 27.3 Å². The lowest BCUT2D eigenvalue weighted by molar-refractivity contribution is -0.129. The lowest BCUT2D eigenvalue weighted by Gasteiger charge is -2.11. The van der Waals surface area contributed by atoms with E-state index in [-0.39, 0.29) is 11.8 Å². The number of amides is 2. The molecule has 1 aliphatic rings. The monoisotopic (exact) mass is 380 g/mol. The van der Waals surface area contributed by atoms with Gasteiger partial charge in [-0.15, -0.1) is 0 Å². The standard InChI is InChI=1S/C18H24N2O3S2/c1-2-14-8-10-15(11-9-14)13-16-18(22)20(25-24-16)12-6-4-3-5-7-17(21)19-23/h8-11,13,23H,2-7,12H2,1H3,(H,19,21)/b16-13-. The molecule has 1 fully saturated rings. The molecule has 2 amide bonds. The molecule has 5 nitrogen and oxygen atoms in total. The summed E-state index contributed by atoms with van der Waals surface area (Å²) in [6.07, 6.45) is 6.85. The minimum Gasteiger partial charge on any atom is -0.289 e. The summed E-state index contributed by atoms with van der Waals surface area (Å²) in [4.78, 5) is 24.1. The average Bonchev–Trinajstić information content (AvgIpc) is 2.98. The van der Waals surface area contributed by atoms with Crippen LogP contribution in [0.4, 0.5) is 0 Å². The molecule has 7 heteroatoms. The van der Waals surface area contributed by atoms with Gasteiger partial charge in [0.2, 0.25) is 5.91 Å². The molecule has 2 rings (SSSR count). The third-order valence-electron chi connectivity index (χ3n) is 3.98. The van der Waals surface area contributed by atoms with Crippen molar-refractivity contribution in [3.8, 4) is 0 Å². The second-order valence-corrected chi connectivity index (χ2v) is 8.01. The summed E-state index contributed by atoms with van der Waals surface area (Å²) in [5.41, 5.74) is 3.98. The van der Waals surface area contributed by atoms with Crippen molar-refractivity contribution in [3.63, 3.8) is 0 Å². The van der Waals surface area contributed by atoms with Gasteiger partial charge in [0.1, 0.15) is 0 Å². The number of hydroxylamine groups is 1. The molecule has 0 spiro atoms. The first-order valence-electron chi connectivity index (χ1n) is 8.54. The summed E-state index contributed by atoms with van der Waals surface area (Å²) >= 11 is 0. The molecule has 2 N–H and O–H groups in total. The number of carbonyl (C=O) groups excluding carboxylic acids is 2. The van der Waals surface area contributed by atoms with E-state index < -0.39 is 0 Å². The topological polar surface area (TPSA) is 69.6 Å². The van der Waals surface area contributed by atoms with Gasteiger partial charge in [0.25, 0.3) is 5.91 Å². The van der Waals surface area contributed by atoms with Gasteiger partial charge in [-0.05, 0) is 47.3 Å². The van der Waals surface area contributed by atoms with Crippen LogP contribution in [-0.2, 0) is 16.0 Å². The zero-order valence-electron chi connectivity index (χ0n) is 14.4. The van der Waals surface area contributed by atoms with Crippen molar-refractivity contribution in [1.82, 2.24) is 9.79 Å². The van der Waals surface area contributed by atoms with Crippen molar-refractivity contribution < 1.29 is 14.8 Å². The number of hydrogen-bond donors (Lipinski definition) is 2. The van der Waals surface area contributed by atoms with Crippen LogP contribution in [0.2, 0.25) is 0 Å². The number of nitrogens with one attached hydrogen (secondary N) is 1. The Bertz CT molecular complexity index is 617. The Morgan fingerprint density at radius 1 is 1.20 bits per heavy atom. The number of carbonyl (C=O) groups is 2. The van der Waals surface area contributed by atoms with Crippen LogP contribution in [0, 0.1) is 0 Å². The highest BCUT2D eigenvalue weighted by Crippen LogP contribution is 2.43. The van der Waals surface area contributed by atoms with E-state index in [0.717, 1.165) is 49.1 Å². The van der Waals surface area contributed by atoms with Crippen LogP contribution >= 0.6 is 21.8 Å². The van der Waals surface area contributed by atoms with Crippen molar-refractivity contribution in [2.24, 2.45) is 0 Å². The molecule has 1 aliphatic heterocycles. The van der Waals surface area contributed by atoms with Crippen LogP contribution < -0.4 is 5.48 Å². The molecular weight excluding hydrogens is 356 g/mol. The fraction of sp³-hybridized carbons (Fsp3) is 0.444. The minimum atomic E-state index is -0.344. The van der Waals surface area contributed by atoms with Gasteiger partial charge in [0.15, 0.2) is 0 Å². The lowest BCUT2D eigenvalue weighted by Crippen LogP contribution is -2.20. The van der Waals surface area contributed by atoms with Crippen molar-refractivity contribution in [1.29, 1.82) is 0 Å². The van der Waals surface area contributed by atoms with Gasteiger partial charge >= 0.3 is 0 Å². The van der Waals surface area contributed by atoms with E-state index in [1.54, 1.807) is 9.79 Å². The van der Waals surface area contributed by atoms with Crippen LogP contribution in [0.3, 0.4) is 0 Å². The number of rotatable bonds is 9. The zero-order chi connectivity index (χ0) is 18.1. The van der Waals surface area contributed by atoms with Crippen molar-refractivity contribution in [2.75, 3.05) is 6.54 Å². The Balaban J connectivity index is 1.73. The smallest absolute Gasteiger partial charge is 0.271 e. The molecule has 0 aromatic heterocycles. The summed E-state index contributed by atoms with van der Waals surface area (Å²) < 4.78 is 1.80. The van der Waals surface area contributed by atoms with E-state index >= 15 is 0 Å². The second kappa shape index (κ2) is 10.5. The largest absolute Gasteiger partial charge is 0.289 e. The molecule has 0 unspecified atom stereocenters. The third kappa shape index (κ3) is 6.41. The fourth-order valence-electron chi connectivity index (χ4n) is 2.45. The first-order valence-corrected chi connectivity index (χ1v) is 10.6. The second-order valence-electron chi connectivity index (χ2n) is 5.87. The van der Waals surface area contributed by atoms with E-state index in [4.69, 9.17) is 5.21 Å². The van der Waals surface area contributed by atoms with Gasteiger partial charge < -0.3 is 0 Å². The molecule has 0 atom stereocenters. The van der Waals surface area contributed by atoms with Crippen LogP contribution in [0.15, 0.2) is 29.2 Å². The average molecular weight is 381 g/mol. The molecule has 1 heterocycles. The summed E-state index contributed by atoms with van der Waals surface area (Å²) in [6.45, 7) is 2.84. The van der Waals surface area contributed by atoms with Gasteiger partial charge in [-0.25, -0.2) is 5.48 Å². The van der Waals surface area contributed by atoms with Crippen LogP contribution in [0.5, 0.6) is 0 Å². The van der Waals surface area contributed by atoms with E-state index in [9.17, 15) is 9.59 Å². The SMILES string of the molecule is CCc1ccc(/C=C2\SSN(CCCCCCC(=O)NO)C2=O)cc1. The normalized spacial score (nSPS) is 15.8. The minimum absolute atomic E-state index is 0.0780. The predicted molar refractivity (Wildman–Crippen MR) is 104 cm³/mol. The molecule has 136 valence electrons. The maximum atomic E-state index is 12.4. The Morgan fingerprint density at radius 3 is 2.60 bits per heavy atom. The third-order valence-corrected chi connectivity index (χ3v) is 6.36. The lowest BCUT2D eigenvalue weighted by atomic mass is 10.1. The number of benzene rings is 1. The highest BCUT2D eigenvalue weighted by atomic mass is 33.1. The van der Waals surface area contributed by atoms with Crippen LogP contribution in [0.1, 0.15) is 50.2 Å². The Hall–Kier alpha value is -1.44. The molecule has 25 heavy (non-hydrogen) atoms. The molecular formula is C18H24N2O3S2. The van der Waals surface area contributed by atoms with Gasteiger partial charge in [-0.1, -0.05) is 44.0 Å². The van der Waals surface area contributed by atoms with Gasteiger partial charge in [-0.2, -0.15) is 0 Å². The Morgan fingerprint density at radius 2 is 1.92 bits per heavy atom. The first kappa shape index (κ1) is 19.9. The van der Waals surface area contributed by atoms with E-state index in [1.807, 2.05) is 6.08 Å². The molecule has 0 aliphatic carbocycles. The predicted octanol–water partition coefficient (Wildman–Crippen LogP) is 4.18. The summed E-state index contributed by atoms with van der Waals surface area (Å²) in [6, 6.07) is 8.29. The molecule has 1 saturated heterocycles. The van der Waals surface area contributed by atoms with Crippen molar-refractivity contribution >= 4 is 39.7 Å². The molecule has 1 aromatic rings. The quantitative estimate of drug-likeness (QED) is 0.168. The Labute approximate surface area is 156 Å². The fourth-order valence-corrected chi connectivity index (χ4v) is 4.71. The summed E-state index contributed by atoms with van der Waals surface area (Å²) in [5.74, 6) is -0.266. The zero-order valence-corrected chi connectivity index (χ0v) is 16.0. The maximum absolute atomic E-state index is 12.4. The van der Waals surface area contributed by atoms with Crippen LogP contribution in [-0.4, -0.2) is 27.9 Å². The highest BCUT2D eigenvalue weighted by molar-refractivity contribution is 8.78. The maximum Gasteiger partial charge on any atom is 0.271 e. The summed E-state index contributed by atoms with van der Waals surface area (Å²) in [5, 5.41) is 8.41. The van der Waals surface area contributed by atoms with E-state index in [0.29, 0.717) is 6.42 Å². The first-order chi connectivity index (χ1) is 12.1. The van der Waals surface area contributed by atoms with E-state index in [2.05, 4.69) is 31.2 Å². The molecule has 0 radical (unpaired) electrons. The van der Waals surface area contributed by atoms with Crippen LogP contribution in [0.25, 0.3) is 6.08 Å². The number of aryl methyl sites for hydroxylation is 1. The van der Waals surface area contributed by atoms with Gasteiger partial charge in [0.05, 0.1) is 4.91 Å². The van der Waals surface area contributed by atoms with Crippen molar-refractivity contribution in [3.05, 3.63) is 40.3 Å². The number of unbranched alkanes of at least 4 members (excludes halogenated alkanes) is 3. The van der Waals surface area contributed by atoms with Gasteiger partial charge in [-0.3, -0.25) is 19.1 Å². The molecule has 0 saturated carbocycles. The molecule has 1 aromatic carbocycles. The number of nitrogens with zero attached hydrogens (tertiary/aromatic N) is 1. The van der Waals surface area contributed by atoms with Gasteiger partial charge in [0, 0.05) is 23.9 Å². The Kier molecular flexibility index (Phi) is 8.37. The number of hydrogen-bond acceptors (Lipinski definition) is 5. The summed E-state index contributed by atoms with van der Waals surface area (Å²) in [7, 11) is 3.00.